The van der Waals surface area contributed by atoms with Crippen LogP contribution in [-0.4, -0.2) is 43.8 Å². The van der Waals surface area contributed by atoms with E-state index in [1.54, 1.807) is 6.92 Å². The van der Waals surface area contributed by atoms with E-state index in [1.807, 2.05) is 13.0 Å². The average Bonchev–Trinajstić information content (AvgIpc) is 2.30. The van der Waals surface area contributed by atoms with Crippen molar-refractivity contribution < 1.29 is 13.2 Å². The molecule has 0 aliphatic carbocycles. The molecule has 0 spiro atoms. The molecule has 1 saturated heterocycles. The summed E-state index contributed by atoms with van der Waals surface area (Å²) in [7, 11) is -3.48. The monoisotopic (exact) mass is 246 g/mol. The Morgan fingerprint density at radius 3 is 2.75 bits per heavy atom. The van der Waals surface area contributed by atoms with Crippen LogP contribution in [0.5, 0.6) is 0 Å². The summed E-state index contributed by atoms with van der Waals surface area (Å²) in [5, 5.41) is 7.90. The number of hydrogen-bond donors (Lipinski definition) is 0. The Labute approximate surface area is 97.0 Å². The highest BCUT2D eigenvalue weighted by atomic mass is 32.2. The number of hydrogen-bond acceptors (Lipinski definition) is 4. The van der Waals surface area contributed by atoms with E-state index in [-0.39, 0.29) is 6.10 Å². The quantitative estimate of drug-likeness (QED) is 0.733. The smallest absolute Gasteiger partial charge is 0.230 e. The molecule has 1 rings (SSSR count). The zero-order valence-electron chi connectivity index (χ0n) is 9.72. The molecule has 0 bridgehead atoms. The lowest BCUT2D eigenvalue weighted by Crippen LogP contribution is -2.48. The van der Waals surface area contributed by atoms with Crippen molar-refractivity contribution >= 4 is 10.0 Å². The molecule has 16 heavy (non-hydrogen) atoms. The minimum Gasteiger partial charge on any atom is -0.375 e. The first-order valence-electron chi connectivity index (χ1n) is 5.56. The molecule has 0 aromatic heterocycles. The molecule has 0 radical (unpaired) electrons. The van der Waals surface area contributed by atoms with Gasteiger partial charge in [0.05, 0.1) is 18.8 Å². The molecule has 0 N–H and O–H groups in total. The molecule has 2 unspecified atom stereocenters. The second kappa shape index (κ2) is 5.62. The molecule has 1 heterocycles. The number of nitrogens with zero attached hydrogens (tertiary/aromatic N) is 2. The summed E-state index contributed by atoms with van der Waals surface area (Å²) >= 11 is 0. The highest BCUT2D eigenvalue weighted by Crippen LogP contribution is 2.17. The van der Waals surface area contributed by atoms with Gasteiger partial charge < -0.3 is 4.74 Å². The second-order valence-corrected chi connectivity index (χ2v) is 5.95. The van der Waals surface area contributed by atoms with Crippen molar-refractivity contribution in [2.45, 2.75) is 38.0 Å². The van der Waals surface area contributed by atoms with Gasteiger partial charge in [-0.1, -0.05) is 13.8 Å². The van der Waals surface area contributed by atoms with Gasteiger partial charge in [0, 0.05) is 13.1 Å². The molecule has 6 heteroatoms. The molecule has 2 atom stereocenters. The van der Waals surface area contributed by atoms with Gasteiger partial charge in [-0.2, -0.15) is 9.57 Å². The highest BCUT2D eigenvalue weighted by molar-refractivity contribution is 7.90. The fourth-order valence-corrected chi connectivity index (χ4v) is 3.34. The molecule has 1 aliphatic heterocycles. The summed E-state index contributed by atoms with van der Waals surface area (Å²) in [4.78, 5) is 0. The van der Waals surface area contributed by atoms with Crippen LogP contribution in [0, 0.1) is 11.3 Å². The van der Waals surface area contributed by atoms with Crippen LogP contribution < -0.4 is 0 Å². The molecular formula is C10H18N2O3S. The summed E-state index contributed by atoms with van der Waals surface area (Å²) in [6.07, 6.45) is 1.07. The van der Waals surface area contributed by atoms with Crippen molar-refractivity contribution in [1.82, 2.24) is 4.31 Å². The van der Waals surface area contributed by atoms with Gasteiger partial charge >= 0.3 is 0 Å². The molecule has 92 valence electrons. The Morgan fingerprint density at radius 2 is 2.25 bits per heavy atom. The average molecular weight is 246 g/mol. The number of ether oxygens (including phenoxy) is 1. The van der Waals surface area contributed by atoms with E-state index < -0.39 is 15.3 Å². The Bertz CT molecular complexity index is 361. The van der Waals surface area contributed by atoms with Crippen LogP contribution >= 0.6 is 0 Å². The van der Waals surface area contributed by atoms with Crippen LogP contribution in [0.1, 0.15) is 26.7 Å². The van der Waals surface area contributed by atoms with E-state index in [9.17, 15) is 8.42 Å². The van der Waals surface area contributed by atoms with Crippen molar-refractivity contribution in [3.63, 3.8) is 0 Å². The Balaban J connectivity index is 2.80. The Kier molecular flexibility index (Phi) is 4.71. The van der Waals surface area contributed by atoms with E-state index in [1.165, 1.54) is 4.31 Å². The van der Waals surface area contributed by atoms with Crippen molar-refractivity contribution in [3.05, 3.63) is 0 Å². The molecule has 0 aromatic rings. The molecular weight excluding hydrogens is 228 g/mol. The number of nitriles is 1. The number of sulfonamides is 1. The predicted octanol–water partition coefficient (Wildman–Crippen LogP) is 0.729. The third kappa shape index (κ3) is 2.73. The largest absolute Gasteiger partial charge is 0.375 e. The second-order valence-electron chi connectivity index (χ2n) is 3.83. The molecule has 1 aliphatic rings. The SMILES string of the molecule is CCC1CN(S(=O)(=O)C(C#N)CC)CCO1. The van der Waals surface area contributed by atoms with Crippen LogP contribution in [0.4, 0.5) is 0 Å². The molecule has 0 amide bonds. The molecule has 1 fully saturated rings. The van der Waals surface area contributed by atoms with Gasteiger partial charge in [0.15, 0.2) is 5.25 Å². The van der Waals surface area contributed by atoms with Gasteiger partial charge in [0.25, 0.3) is 0 Å². The normalized spacial score (nSPS) is 24.9. The lowest BCUT2D eigenvalue weighted by Gasteiger charge is -2.32. The molecule has 0 aromatic carbocycles. The Hall–Kier alpha value is -0.640. The first-order valence-corrected chi connectivity index (χ1v) is 7.06. The Morgan fingerprint density at radius 1 is 1.56 bits per heavy atom. The van der Waals surface area contributed by atoms with E-state index in [0.29, 0.717) is 26.1 Å². The van der Waals surface area contributed by atoms with Gasteiger partial charge in [-0.05, 0) is 12.8 Å². The maximum absolute atomic E-state index is 12.1. The lowest BCUT2D eigenvalue weighted by atomic mass is 10.2. The number of rotatable bonds is 4. The van der Waals surface area contributed by atoms with Crippen molar-refractivity contribution in [1.29, 1.82) is 5.26 Å². The summed E-state index contributed by atoms with van der Waals surface area (Å²) < 4.78 is 30.9. The highest BCUT2D eigenvalue weighted by Gasteiger charge is 2.34. The summed E-state index contributed by atoms with van der Waals surface area (Å²) in [6.45, 7) is 4.82. The maximum atomic E-state index is 12.1. The van der Waals surface area contributed by atoms with E-state index >= 15 is 0 Å². The van der Waals surface area contributed by atoms with Gasteiger partial charge in [0.1, 0.15) is 0 Å². The predicted molar refractivity (Wildman–Crippen MR) is 60.2 cm³/mol. The minimum atomic E-state index is -3.48. The van der Waals surface area contributed by atoms with Crippen molar-refractivity contribution in [3.8, 4) is 6.07 Å². The van der Waals surface area contributed by atoms with Crippen LogP contribution in [0.2, 0.25) is 0 Å². The van der Waals surface area contributed by atoms with Crippen molar-refractivity contribution in [2.75, 3.05) is 19.7 Å². The first kappa shape index (κ1) is 13.4. The van der Waals surface area contributed by atoms with Gasteiger partial charge in [-0.25, -0.2) is 8.42 Å². The third-order valence-electron chi connectivity index (χ3n) is 2.79. The summed E-state index contributed by atoms with van der Waals surface area (Å²) in [6, 6.07) is 1.85. The zero-order chi connectivity index (χ0) is 12.2. The van der Waals surface area contributed by atoms with Crippen LogP contribution in [0.15, 0.2) is 0 Å². The standard InChI is InChI=1S/C10H18N2O3S/c1-3-9-8-12(5-6-15-9)16(13,14)10(4-2)7-11/h9-10H,3-6,8H2,1-2H3. The fraction of sp³-hybridized carbons (Fsp3) is 0.900. The van der Waals surface area contributed by atoms with E-state index in [4.69, 9.17) is 10.00 Å². The molecule has 5 nitrogen and oxygen atoms in total. The summed E-state index contributed by atoms with van der Waals surface area (Å²) in [5.41, 5.74) is 0. The van der Waals surface area contributed by atoms with Crippen LogP contribution in [-0.2, 0) is 14.8 Å². The fourth-order valence-electron chi connectivity index (χ4n) is 1.72. The minimum absolute atomic E-state index is 0.0419. The number of morpholine rings is 1. The maximum Gasteiger partial charge on any atom is 0.230 e. The van der Waals surface area contributed by atoms with E-state index in [0.717, 1.165) is 6.42 Å². The van der Waals surface area contributed by atoms with Crippen LogP contribution in [0.25, 0.3) is 0 Å². The zero-order valence-corrected chi connectivity index (χ0v) is 10.5. The topological polar surface area (TPSA) is 70.4 Å². The lowest BCUT2D eigenvalue weighted by molar-refractivity contribution is -0.00293. The third-order valence-corrected chi connectivity index (χ3v) is 5.00. The first-order chi connectivity index (χ1) is 7.56. The van der Waals surface area contributed by atoms with Gasteiger partial charge in [-0.3, -0.25) is 0 Å². The van der Waals surface area contributed by atoms with Gasteiger partial charge in [-0.15, -0.1) is 0 Å². The van der Waals surface area contributed by atoms with E-state index in [2.05, 4.69) is 0 Å². The van der Waals surface area contributed by atoms with Crippen molar-refractivity contribution in [2.24, 2.45) is 0 Å². The van der Waals surface area contributed by atoms with Crippen LogP contribution in [0.3, 0.4) is 0 Å². The van der Waals surface area contributed by atoms with Gasteiger partial charge in [0.2, 0.25) is 10.0 Å². The summed E-state index contributed by atoms with van der Waals surface area (Å²) in [5.74, 6) is 0. The molecule has 0 saturated carbocycles.